The van der Waals surface area contributed by atoms with E-state index in [2.05, 4.69) is 10.2 Å². The van der Waals surface area contributed by atoms with E-state index in [1.165, 1.54) is 13.2 Å². The molecule has 1 heterocycles. The fourth-order valence-corrected chi connectivity index (χ4v) is 4.09. The number of hydrogen-bond donors (Lipinski definition) is 1. The number of carbonyl (C=O) groups excluding carboxylic acids is 2. The number of esters is 1. The summed E-state index contributed by atoms with van der Waals surface area (Å²) in [4.78, 5) is 26.7. The van der Waals surface area contributed by atoms with Gasteiger partial charge in [-0.3, -0.25) is 9.69 Å². The van der Waals surface area contributed by atoms with Crippen LogP contribution in [0, 0.1) is 5.92 Å². The van der Waals surface area contributed by atoms with Gasteiger partial charge in [0.05, 0.1) is 17.7 Å². The van der Waals surface area contributed by atoms with Gasteiger partial charge in [0, 0.05) is 33.8 Å². The average molecular weight is 456 g/mol. The van der Waals surface area contributed by atoms with E-state index in [-0.39, 0.29) is 22.4 Å². The molecule has 0 unspecified atom stereocenters. The number of piperidine rings is 1. The Hall–Kier alpha value is -1.79. The van der Waals surface area contributed by atoms with Crippen molar-refractivity contribution < 1.29 is 14.3 Å². The first-order chi connectivity index (χ1) is 13.9. The molecule has 2 aromatic carbocycles. The maximum atomic E-state index is 12.7. The quantitative estimate of drug-likeness (QED) is 0.623. The number of benzene rings is 2. The number of methoxy groups -OCH3 is 1. The monoisotopic (exact) mass is 454 g/mol. The van der Waals surface area contributed by atoms with Gasteiger partial charge >= 0.3 is 5.97 Å². The molecule has 0 atom stereocenters. The number of hydrogen-bond acceptors (Lipinski definition) is 4. The van der Waals surface area contributed by atoms with Crippen LogP contribution >= 0.6 is 34.8 Å². The second-order valence-electron chi connectivity index (χ2n) is 6.93. The molecule has 1 fully saturated rings. The number of anilines is 1. The second-order valence-corrected chi connectivity index (χ2v) is 8.15. The van der Waals surface area contributed by atoms with Crippen LogP contribution in [-0.2, 0) is 16.1 Å². The van der Waals surface area contributed by atoms with Gasteiger partial charge in [-0.2, -0.15) is 0 Å². The molecule has 29 heavy (non-hydrogen) atoms. The number of rotatable bonds is 5. The van der Waals surface area contributed by atoms with Crippen LogP contribution in [0.4, 0.5) is 5.69 Å². The lowest BCUT2D eigenvalue weighted by molar-refractivity contribution is -0.121. The maximum absolute atomic E-state index is 12.7. The van der Waals surface area contributed by atoms with E-state index in [0.29, 0.717) is 22.3 Å². The van der Waals surface area contributed by atoms with E-state index in [1.54, 1.807) is 12.1 Å². The molecule has 5 nitrogen and oxygen atoms in total. The van der Waals surface area contributed by atoms with Crippen molar-refractivity contribution in [3.05, 3.63) is 62.6 Å². The van der Waals surface area contributed by atoms with Crippen molar-refractivity contribution >= 4 is 52.4 Å². The third-order valence-corrected chi connectivity index (χ3v) is 6.08. The topological polar surface area (TPSA) is 58.6 Å². The summed E-state index contributed by atoms with van der Waals surface area (Å²) < 4.78 is 4.71. The molecule has 154 valence electrons. The summed E-state index contributed by atoms with van der Waals surface area (Å²) in [6, 6.07) is 10.3. The molecule has 3 rings (SSSR count). The molecular weight excluding hydrogens is 435 g/mol. The van der Waals surface area contributed by atoms with Crippen molar-refractivity contribution in [3.63, 3.8) is 0 Å². The van der Waals surface area contributed by atoms with E-state index in [1.807, 2.05) is 18.2 Å². The van der Waals surface area contributed by atoms with E-state index < -0.39 is 5.97 Å². The highest BCUT2D eigenvalue weighted by Crippen LogP contribution is 2.28. The van der Waals surface area contributed by atoms with Crippen molar-refractivity contribution in [2.24, 2.45) is 5.92 Å². The van der Waals surface area contributed by atoms with Gasteiger partial charge in [-0.05, 0) is 56.3 Å². The largest absolute Gasteiger partial charge is 0.465 e. The summed E-state index contributed by atoms with van der Waals surface area (Å²) in [5, 5.41) is 4.46. The van der Waals surface area contributed by atoms with Crippen LogP contribution in [0.2, 0.25) is 15.1 Å². The SMILES string of the molecule is COC(=O)c1cc(NC(=O)C2CCN(Cc3c(Cl)cccc3Cl)CC2)ccc1Cl. The fourth-order valence-electron chi connectivity index (χ4n) is 3.37. The van der Waals surface area contributed by atoms with Crippen LogP contribution in [0.3, 0.4) is 0 Å². The summed E-state index contributed by atoms with van der Waals surface area (Å²) in [6.07, 6.45) is 1.46. The van der Waals surface area contributed by atoms with E-state index in [4.69, 9.17) is 39.5 Å². The minimum absolute atomic E-state index is 0.0708. The van der Waals surface area contributed by atoms with Crippen LogP contribution in [0.1, 0.15) is 28.8 Å². The molecule has 0 bridgehead atoms. The van der Waals surface area contributed by atoms with Gasteiger partial charge in [-0.25, -0.2) is 4.79 Å². The Bertz CT molecular complexity index is 892. The highest BCUT2D eigenvalue weighted by Gasteiger charge is 2.26. The fraction of sp³-hybridized carbons (Fsp3) is 0.333. The Morgan fingerprint density at radius 1 is 1.07 bits per heavy atom. The summed E-state index contributed by atoms with van der Waals surface area (Å²) in [5.74, 6) is -0.721. The molecule has 1 aliphatic heterocycles. The standard InChI is InChI=1S/C21H21Cl3N2O3/c1-29-21(28)15-11-14(5-6-19(15)24)25-20(27)13-7-9-26(10-8-13)12-16-17(22)3-2-4-18(16)23/h2-6,11,13H,7-10,12H2,1H3,(H,25,27). The van der Waals surface area contributed by atoms with E-state index in [0.717, 1.165) is 31.5 Å². The lowest BCUT2D eigenvalue weighted by Crippen LogP contribution is -2.37. The van der Waals surface area contributed by atoms with Crippen LogP contribution in [-0.4, -0.2) is 37.0 Å². The van der Waals surface area contributed by atoms with Crippen molar-refractivity contribution in [3.8, 4) is 0 Å². The zero-order chi connectivity index (χ0) is 21.0. The lowest BCUT2D eigenvalue weighted by Gasteiger charge is -2.31. The predicted octanol–water partition coefficient (Wildman–Crippen LogP) is 5.28. The summed E-state index contributed by atoms with van der Waals surface area (Å²) in [7, 11) is 1.29. The Kier molecular flexibility index (Phi) is 7.41. The Labute approximate surface area is 184 Å². The molecule has 0 radical (unpaired) electrons. The van der Waals surface area contributed by atoms with E-state index >= 15 is 0 Å². The Morgan fingerprint density at radius 3 is 2.34 bits per heavy atom. The van der Waals surface area contributed by atoms with Crippen molar-refractivity contribution in [1.82, 2.24) is 4.90 Å². The lowest BCUT2D eigenvalue weighted by atomic mass is 9.95. The minimum atomic E-state index is -0.544. The number of amides is 1. The first kappa shape index (κ1) is 21.9. The molecule has 1 N–H and O–H groups in total. The van der Waals surface area contributed by atoms with Crippen molar-refractivity contribution in [2.45, 2.75) is 19.4 Å². The third-order valence-electron chi connectivity index (χ3n) is 5.04. The summed E-state index contributed by atoms with van der Waals surface area (Å²) >= 11 is 18.5. The molecule has 0 aliphatic carbocycles. The number of carbonyl (C=O) groups is 2. The molecule has 1 saturated heterocycles. The Balaban J connectivity index is 1.57. The first-order valence-corrected chi connectivity index (χ1v) is 10.4. The third kappa shape index (κ3) is 5.43. The number of ether oxygens (including phenoxy) is 1. The predicted molar refractivity (Wildman–Crippen MR) is 116 cm³/mol. The molecule has 0 spiro atoms. The van der Waals surface area contributed by atoms with Crippen LogP contribution in [0.25, 0.3) is 0 Å². The van der Waals surface area contributed by atoms with Gasteiger partial charge in [0.25, 0.3) is 0 Å². The summed E-state index contributed by atoms with van der Waals surface area (Å²) in [6.45, 7) is 2.20. The number of halogens is 3. The molecule has 1 amide bonds. The van der Waals surface area contributed by atoms with Crippen LogP contribution < -0.4 is 5.32 Å². The molecular formula is C21H21Cl3N2O3. The molecule has 0 aromatic heterocycles. The first-order valence-electron chi connectivity index (χ1n) is 9.23. The van der Waals surface area contributed by atoms with Gasteiger partial charge in [0.15, 0.2) is 0 Å². The van der Waals surface area contributed by atoms with Gasteiger partial charge in [-0.1, -0.05) is 40.9 Å². The van der Waals surface area contributed by atoms with Crippen LogP contribution in [0.5, 0.6) is 0 Å². The number of likely N-dealkylation sites (tertiary alicyclic amines) is 1. The number of nitrogens with zero attached hydrogens (tertiary/aromatic N) is 1. The normalized spacial score (nSPS) is 15.2. The molecule has 2 aromatic rings. The van der Waals surface area contributed by atoms with Gasteiger partial charge in [-0.15, -0.1) is 0 Å². The Morgan fingerprint density at radius 2 is 1.72 bits per heavy atom. The average Bonchev–Trinajstić information content (AvgIpc) is 2.72. The van der Waals surface area contributed by atoms with Crippen molar-refractivity contribution in [2.75, 3.05) is 25.5 Å². The maximum Gasteiger partial charge on any atom is 0.339 e. The molecule has 1 aliphatic rings. The second kappa shape index (κ2) is 9.81. The van der Waals surface area contributed by atoms with Crippen LogP contribution in [0.15, 0.2) is 36.4 Å². The zero-order valence-electron chi connectivity index (χ0n) is 15.9. The molecule has 0 saturated carbocycles. The smallest absolute Gasteiger partial charge is 0.339 e. The summed E-state index contributed by atoms with van der Waals surface area (Å²) in [5.41, 5.74) is 1.65. The van der Waals surface area contributed by atoms with Crippen molar-refractivity contribution in [1.29, 1.82) is 0 Å². The minimum Gasteiger partial charge on any atom is -0.465 e. The highest BCUT2D eigenvalue weighted by molar-refractivity contribution is 6.36. The number of nitrogens with one attached hydrogen (secondary N) is 1. The van der Waals surface area contributed by atoms with Gasteiger partial charge < -0.3 is 10.1 Å². The van der Waals surface area contributed by atoms with Gasteiger partial charge in [0.1, 0.15) is 0 Å². The highest BCUT2D eigenvalue weighted by atomic mass is 35.5. The molecule has 8 heteroatoms. The van der Waals surface area contributed by atoms with Gasteiger partial charge in [0.2, 0.25) is 5.91 Å². The van der Waals surface area contributed by atoms with E-state index in [9.17, 15) is 9.59 Å². The zero-order valence-corrected chi connectivity index (χ0v) is 18.2.